The Morgan fingerprint density at radius 3 is 2.60 bits per heavy atom. The molecule has 0 atom stereocenters. The number of nitrogens with one attached hydrogen (secondary N) is 1. The van der Waals surface area contributed by atoms with Crippen molar-refractivity contribution in [2.24, 2.45) is 0 Å². The van der Waals surface area contributed by atoms with Crippen LogP contribution in [0.25, 0.3) is 6.08 Å². The third-order valence-electron chi connectivity index (χ3n) is 4.12. The van der Waals surface area contributed by atoms with Gasteiger partial charge in [-0.1, -0.05) is 17.7 Å². The van der Waals surface area contributed by atoms with Gasteiger partial charge in [0, 0.05) is 18.1 Å². The molecule has 0 fully saturated rings. The summed E-state index contributed by atoms with van der Waals surface area (Å²) in [5.41, 5.74) is 2.63. The smallest absolute Gasteiger partial charge is 0.362 e. The molecule has 2 heterocycles. The van der Waals surface area contributed by atoms with Gasteiger partial charge in [0.25, 0.3) is 0 Å². The minimum Gasteiger partial charge on any atom is -0.362 e. The first-order chi connectivity index (χ1) is 14.2. The minimum absolute atomic E-state index is 0.148. The number of halogens is 4. The summed E-state index contributed by atoms with van der Waals surface area (Å²) in [6.07, 6.45) is -0.395. The van der Waals surface area contributed by atoms with E-state index in [-0.39, 0.29) is 10.0 Å². The molecule has 0 radical (unpaired) electrons. The zero-order chi connectivity index (χ0) is 21.9. The number of hydrogen-bond acceptors (Lipinski definition) is 6. The van der Waals surface area contributed by atoms with E-state index in [1.165, 1.54) is 5.56 Å². The first-order valence-electron chi connectivity index (χ1n) is 8.49. The highest BCUT2D eigenvalue weighted by Crippen LogP contribution is 2.38. The molecule has 3 aromatic rings. The summed E-state index contributed by atoms with van der Waals surface area (Å²) >= 11 is 8.00. The Kier molecular flexibility index (Phi) is 6.71. The monoisotopic (exact) mass is 466 g/mol. The van der Waals surface area contributed by atoms with Crippen molar-refractivity contribution in [3.63, 3.8) is 0 Å². The molecule has 2 aromatic heterocycles. The van der Waals surface area contributed by atoms with Crippen molar-refractivity contribution in [1.82, 2.24) is 9.36 Å². The molecule has 0 spiro atoms. The van der Waals surface area contributed by atoms with E-state index >= 15 is 0 Å². The largest absolute Gasteiger partial charge is 0.417 e. The summed E-state index contributed by atoms with van der Waals surface area (Å²) in [7, 11) is 0. The Morgan fingerprint density at radius 1 is 1.20 bits per heavy atom. The predicted octanol–water partition coefficient (Wildman–Crippen LogP) is 6.93. The second kappa shape index (κ2) is 9.08. The van der Waals surface area contributed by atoms with Crippen LogP contribution in [0.2, 0.25) is 5.02 Å². The highest BCUT2D eigenvalue weighted by Gasteiger charge is 2.31. The number of aryl methyl sites for hydroxylation is 2. The zero-order valence-corrected chi connectivity index (χ0v) is 18.1. The number of pyridine rings is 1. The lowest BCUT2D eigenvalue weighted by molar-refractivity contribution is -0.137. The van der Waals surface area contributed by atoms with Crippen molar-refractivity contribution in [1.29, 1.82) is 5.26 Å². The lowest BCUT2D eigenvalue weighted by Crippen LogP contribution is -2.05. The van der Waals surface area contributed by atoms with Crippen LogP contribution in [0, 0.1) is 25.2 Å². The zero-order valence-electron chi connectivity index (χ0n) is 15.7. The summed E-state index contributed by atoms with van der Waals surface area (Å²) in [6, 6.07) is 8.86. The maximum atomic E-state index is 12.8. The van der Waals surface area contributed by atoms with Gasteiger partial charge in [0.05, 0.1) is 15.5 Å². The molecule has 1 N–H and O–H groups in total. The number of alkyl halides is 3. The quantitative estimate of drug-likeness (QED) is 0.441. The molecular weight excluding hydrogens is 453 g/mol. The average molecular weight is 467 g/mol. The Hall–Kier alpha value is -2.54. The van der Waals surface area contributed by atoms with Crippen LogP contribution in [-0.4, -0.2) is 9.36 Å². The van der Waals surface area contributed by atoms with Crippen molar-refractivity contribution < 1.29 is 13.2 Å². The van der Waals surface area contributed by atoms with E-state index in [9.17, 15) is 18.4 Å². The second-order valence-electron chi connectivity index (χ2n) is 6.23. The van der Waals surface area contributed by atoms with Gasteiger partial charge in [-0.15, -0.1) is 0 Å². The highest BCUT2D eigenvalue weighted by atomic mass is 35.5. The van der Waals surface area contributed by atoms with Gasteiger partial charge in [0.2, 0.25) is 0 Å². The van der Waals surface area contributed by atoms with E-state index in [0.717, 1.165) is 40.6 Å². The molecule has 0 unspecified atom stereocenters. The Labute approximate surface area is 184 Å². The Bertz CT molecular complexity index is 1150. The number of nitrogens with zero attached hydrogens (tertiary/aromatic N) is 3. The van der Waals surface area contributed by atoms with Gasteiger partial charge in [0.15, 0.2) is 0 Å². The van der Waals surface area contributed by atoms with Gasteiger partial charge in [-0.3, -0.25) is 0 Å². The molecular formula is C20H14ClF3N4S2. The SMILES string of the molecule is Cc1ccc(N/C=C/c2snc(Sc3ncc(C(F)(F)F)cc3Cl)c2C#N)cc1C. The maximum Gasteiger partial charge on any atom is 0.417 e. The molecule has 10 heteroatoms. The van der Waals surface area contributed by atoms with E-state index in [0.29, 0.717) is 21.7 Å². The Balaban J connectivity index is 1.77. The number of rotatable bonds is 5. The average Bonchev–Trinajstić information content (AvgIpc) is 3.07. The molecule has 0 saturated carbocycles. The van der Waals surface area contributed by atoms with Crippen molar-refractivity contribution in [2.45, 2.75) is 30.1 Å². The van der Waals surface area contributed by atoms with Gasteiger partial charge >= 0.3 is 6.18 Å². The van der Waals surface area contributed by atoms with E-state index < -0.39 is 11.7 Å². The van der Waals surface area contributed by atoms with Crippen molar-refractivity contribution >= 4 is 46.7 Å². The normalized spacial score (nSPS) is 11.6. The topological polar surface area (TPSA) is 61.6 Å². The van der Waals surface area contributed by atoms with Crippen molar-refractivity contribution in [2.75, 3.05) is 5.32 Å². The molecule has 0 amide bonds. The fourth-order valence-corrected chi connectivity index (χ4v) is 4.31. The van der Waals surface area contributed by atoms with E-state index in [2.05, 4.69) is 20.7 Å². The van der Waals surface area contributed by atoms with Crippen molar-refractivity contribution in [3.05, 3.63) is 68.8 Å². The molecule has 154 valence electrons. The molecule has 4 nitrogen and oxygen atoms in total. The molecule has 30 heavy (non-hydrogen) atoms. The van der Waals surface area contributed by atoms with Crippen molar-refractivity contribution in [3.8, 4) is 6.07 Å². The lowest BCUT2D eigenvalue weighted by atomic mass is 10.1. The molecule has 0 bridgehead atoms. The summed E-state index contributed by atoms with van der Waals surface area (Å²) in [6.45, 7) is 4.05. The summed E-state index contributed by atoms with van der Waals surface area (Å²) < 4.78 is 42.5. The van der Waals surface area contributed by atoms with E-state index in [1.807, 2.05) is 32.0 Å². The summed E-state index contributed by atoms with van der Waals surface area (Å²) in [5.74, 6) is 0. The van der Waals surface area contributed by atoms with Crippen LogP contribution in [0.4, 0.5) is 18.9 Å². The standard InChI is InChI=1S/C20H14ClF3N4S2/c1-11-3-4-14(7-12(11)2)26-6-5-17-15(9-25)18(28-30-17)29-19-16(21)8-13(10-27-19)20(22,23)24/h3-8,10,26H,1-2H3/b6-5+. The Morgan fingerprint density at radius 2 is 1.97 bits per heavy atom. The molecule has 1 aromatic carbocycles. The fraction of sp³-hybridized carbons (Fsp3) is 0.150. The van der Waals surface area contributed by atoms with Gasteiger partial charge in [-0.05, 0) is 72.5 Å². The third kappa shape index (κ3) is 5.14. The summed E-state index contributed by atoms with van der Waals surface area (Å²) in [5, 5.41) is 13.0. The van der Waals surface area contributed by atoms with Gasteiger partial charge in [-0.2, -0.15) is 22.8 Å². The number of hydrogen-bond donors (Lipinski definition) is 1. The van der Waals surface area contributed by atoms with Crippen LogP contribution in [0.1, 0.15) is 27.1 Å². The van der Waals surface area contributed by atoms with Crippen LogP contribution in [-0.2, 0) is 6.18 Å². The number of benzene rings is 1. The third-order valence-corrected chi connectivity index (χ3v) is 6.45. The number of anilines is 1. The van der Waals surface area contributed by atoms with Crippen LogP contribution in [0.15, 0.2) is 46.7 Å². The molecule has 0 saturated heterocycles. The molecule has 0 aliphatic carbocycles. The van der Waals surface area contributed by atoms with Gasteiger partial charge < -0.3 is 5.32 Å². The van der Waals surface area contributed by atoms with Crippen LogP contribution >= 0.6 is 34.9 Å². The molecule has 0 aliphatic rings. The maximum absolute atomic E-state index is 12.8. The van der Waals surface area contributed by atoms with E-state index in [1.54, 1.807) is 12.3 Å². The summed E-state index contributed by atoms with van der Waals surface area (Å²) in [4.78, 5) is 4.39. The second-order valence-corrected chi connectivity index (χ2v) is 8.42. The van der Waals surface area contributed by atoms with Crippen LogP contribution in [0.3, 0.4) is 0 Å². The van der Waals surface area contributed by atoms with E-state index in [4.69, 9.17) is 11.6 Å². The fourth-order valence-electron chi connectivity index (χ4n) is 2.37. The first kappa shape index (κ1) is 22.2. The van der Waals surface area contributed by atoms with Crippen LogP contribution in [0.5, 0.6) is 0 Å². The minimum atomic E-state index is -4.53. The van der Waals surface area contributed by atoms with Gasteiger partial charge in [0.1, 0.15) is 21.7 Å². The predicted molar refractivity (Wildman–Crippen MR) is 114 cm³/mol. The first-order valence-corrected chi connectivity index (χ1v) is 10.5. The number of aromatic nitrogens is 2. The number of nitriles is 1. The molecule has 3 rings (SSSR count). The lowest BCUT2D eigenvalue weighted by Gasteiger charge is -2.08. The highest BCUT2D eigenvalue weighted by molar-refractivity contribution is 7.99. The van der Waals surface area contributed by atoms with Crippen LogP contribution < -0.4 is 5.32 Å². The van der Waals surface area contributed by atoms with Gasteiger partial charge in [-0.25, -0.2) is 4.98 Å². The molecule has 0 aliphatic heterocycles.